The van der Waals surface area contributed by atoms with E-state index in [9.17, 15) is 41.1 Å². The highest BCUT2D eigenvalue weighted by Crippen LogP contribution is 2.36. The molecule has 4 heterocycles. The van der Waals surface area contributed by atoms with Gasteiger partial charge in [0.1, 0.15) is 17.4 Å². The lowest BCUT2D eigenvalue weighted by Gasteiger charge is -2.30. The summed E-state index contributed by atoms with van der Waals surface area (Å²) in [5.41, 5.74) is -0.657. The van der Waals surface area contributed by atoms with Crippen LogP contribution in [0.4, 0.5) is 27.6 Å². The second-order valence-electron chi connectivity index (χ2n) is 14.3. The van der Waals surface area contributed by atoms with E-state index < -0.39 is 47.4 Å². The van der Waals surface area contributed by atoms with Crippen LogP contribution in [0, 0.1) is 17.8 Å². The minimum Gasteiger partial charge on any atom is -0.320 e. The molecule has 292 valence electrons. The first-order valence-electron chi connectivity index (χ1n) is 18.0. The number of piperidine rings is 1. The van der Waals surface area contributed by atoms with Crippen molar-refractivity contribution in [3.05, 3.63) is 87.7 Å². The second-order valence-corrected chi connectivity index (χ2v) is 14.3. The van der Waals surface area contributed by atoms with Crippen molar-refractivity contribution >= 4 is 45.3 Å². The van der Waals surface area contributed by atoms with Crippen LogP contribution in [0.3, 0.4) is 0 Å². The van der Waals surface area contributed by atoms with Gasteiger partial charge < -0.3 is 5.32 Å². The van der Waals surface area contributed by atoms with Gasteiger partial charge in [-0.3, -0.25) is 38.4 Å². The third kappa shape index (κ3) is 7.92. The molecule has 7 rings (SSSR count). The number of amides is 3. The van der Waals surface area contributed by atoms with Crippen LogP contribution in [-0.4, -0.2) is 66.7 Å². The van der Waals surface area contributed by atoms with E-state index in [2.05, 4.69) is 37.5 Å². The standard InChI is InChI=1S/C39H37F5N8O4/c1-49(16-4-5-22-10-13-30-32(17-22)50(2)38(56)52(30)31-14-15-34(53)47-37(31)55)20-23-8-11-25(12-9-23)51-21-24-18-29(26(35(40)41)19-28(24)48-51)46-36(54)27-6-3-7-33(45-27)39(42,43)44/h3,6-7,10,13,17-19,21,23,25,31,35H,8-9,11-12,14-16,20H2,1-2H3,(H,46,54)(H,47,53,55). The van der Waals surface area contributed by atoms with Gasteiger partial charge in [0.05, 0.1) is 34.8 Å². The Bertz CT molecular complexity index is 2470. The van der Waals surface area contributed by atoms with Gasteiger partial charge in [-0.15, -0.1) is 0 Å². The molecular weight excluding hydrogens is 739 g/mol. The number of nitrogens with one attached hydrogen (secondary N) is 2. The number of halogens is 5. The number of hydrogen-bond donors (Lipinski definition) is 2. The highest BCUT2D eigenvalue weighted by atomic mass is 19.4. The van der Waals surface area contributed by atoms with Gasteiger partial charge in [0, 0.05) is 42.7 Å². The molecule has 0 radical (unpaired) electrons. The average Bonchev–Trinajstić information content (AvgIpc) is 3.68. The maximum atomic E-state index is 14.1. The molecule has 2 N–H and O–H groups in total. The van der Waals surface area contributed by atoms with Gasteiger partial charge in [-0.2, -0.15) is 18.3 Å². The number of benzene rings is 2. The molecule has 1 aliphatic carbocycles. The van der Waals surface area contributed by atoms with Crippen molar-refractivity contribution in [1.82, 2.24) is 34.1 Å². The molecule has 0 bridgehead atoms. The lowest BCUT2D eigenvalue weighted by molar-refractivity contribution is -0.141. The van der Waals surface area contributed by atoms with Crippen molar-refractivity contribution in [2.75, 3.05) is 25.5 Å². The SMILES string of the molecule is CN(CC#Cc1ccc2c(c1)n(C)c(=O)n2C1CCC(=O)NC1=O)CC1CCC(n2cc3cc(NC(=O)c4cccc(C(F)(F)F)n4)c(C(F)F)cc3n2)CC1. The number of anilines is 1. The van der Waals surface area contributed by atoms with E-state index in [1.807, 2.05) is 13.1 Å². The van der Waals surface area contributed by atoms with Crippen molar-refractivity contribution in [1.29, 1.82) is 0 Å². The predicted octanol–water partition coefficient (Wildman–Crippen LogP) is 5.99. The molecule has 1 saturated heterocycles. The number of carbonyl (C=O) groups excluding carboxylic acids is 3. The fourth-order valence-corrected chi connectivity index (χ4v) is 7.53. The Balaban J connectivity index is 0.956. The molecule has 56 heavy (non-hydrogen) atoms. The predicted molar refractivity (Wildman–Crippen MR) is 196 cm³/mol. The minimum absolute atomic E-state index is 0.0295. The fourth-order valence-electron chi connectivity index (χ4n) is 7.53. The summed E-state index contributed by atoms with van der Waals surface area (Å²) in [4.78, 5) is 55.4. The smallest absolute Gasteiger partial charge is 0.320 e. The number of nitrogens with zero attached hydrogens (tertiary/aromatic N) is 6. The summed E-state index contributed by atoms with van der Waals surface area (Å²) in [6.07, 6.45) is -2.19. The number of carbonyl (C=O) groups is 3. The molecule has 5 aromatic rings. The summed E-state index contributed by atoms with van der Waals surface area (Å²) in [6, 6.07) is 10.0. The van der Waals surface area contributed by atoms with E-state index >= 15 is 0 Å². The lowest BCUT2D eigenvalue weighted by atomic mass is 9.86. The van der Waals surface area contributed by atoms with Crippen LogP contribution in [0.2, 0.25) is 0 Å². The zero-order chi connectivity index (χ0) is 39.9. The molecule has 12 nitrogen and oxygen atoms in total. The monoisotopic (exact) mass is 776 g/mol. The number of aromatic nitrogens is 5. The summed E-state index contributed by atoms with van der Waals surface area (Å²) in [6.45, 7) is 1.32. The zero-order valence-electron chi connectivity index (χ0n) is 30.4. The molecule has 1 aliphatic heterocycles. The molecule has 2 aromatic carbocycles. The number of aryl methyl sites for hydroxylation is 1. The lowest BCUT2D eigenvalue weighted by Crippen LogP contribution is -2.44. The Hall–Kier alpha value is -5.89. The van der Waals surface area contributed by atoms with Crippen LogP contribution < -0.4 is 16.3 Å². The van der Waals surface area contributed by atoms with Crippen LogP contribution in [0.5, 0.6) is 0 Å². The molecule has 1 saturated carbocycles. The first-order chi connectivity index (χ1) is 26.7. The summed E-state index contributed by atoms with van der Waals surface area (Å²) in [7, 11) is 3.63. The molecule has 1 atom stereocenters. The van der Waals surface area contributed by atoms with Crippen LogP contribution >= 0.6 is 0 Å². The second kappa shape index (κ2) is 15.3. The van der Waals surface area contributed by atoms with E-state index in [1.165, 1.54) is 21.3 Å². The van der Waals surface area contributed by atoms with Gasteiger partial charge in [0.2, 0.25) is 11.8 Å². The van der Waals surface area contributed by atoms with Crippen molar-refractivity contribution in [3.63, 3.8) is 0 Å². The third-order valence-electron chi connectivity index (χ3n) is 10.4. The number of imidazole rings is 1. The normalized spacial score (nSPS) is 19.1. The molecule has 0 spiro atoms. The van der Waals surface area contributed by atoms with E-state index in [4.69, 9.17) is 0 Å². The van der Waals surface area contributed by atoms with Crippen molar-refractivity contribution in [2.45, 2.75) is 63.2 Å². The minimum atomic E-state index is -4.77. The van der Waals surface area contributed by atoms with Crippen LogP contribution in [-0.2, 0) is 22.8 Å². The number of hydrogen-bond acceptors (Lipinski definition) is 7. The number of imide groups is 1. The third-order valence-corrected chi connectivity index (χ3v) is 10.4. The van der Waals surface area contributed by atoms with Crippen LogP contribution in [0.25, 0.3) is 21.9 Å². The van der Waals surface area contributed by atoms with E-state index in [0.29, 0.717) is 40.5 Å². The summed E-state index contributed by atoms with van der Waals surface area (Å²) in [5, 5.41) is 9.68. The van der Waals surface area contributed by atoms with Crippen molar-refractivity contribution in [2.24, 2.45) is 13.0 Å². The van der Waals surface area contributed by atoms with Crippen LogP contribution in [0.15, 0.2) is 59.5 Å². The van der Waals surface area contributed by atoms with Gasteiger partial charge in [-0.25, -0.2) is 18.6 Å². The Morgan fingerprint density at radius 3 is 2.52 bits per heavy atom. The topological polar surface area (TPSA) is 136 Å². The van der Waals surface area contributed by atoms with Crippen molar-refractivity contribution in [3.8, 4) is 11.8 Å². The highest BCUT2D eigenvalue weighted by molar-refractivity contribution is 6.04. The van der Waals surface area contributed by atoms with Crippen molar-refractivity contribution < 1.29 is 36.3 Å². The van der Waals surface area contributed by atoms with E-state index in [1.54, 1.807) is 30.1 Å². The molecule has 3 aromatic heterocycles. The van der Waals surface area contributed by atoms with Gasteiger partial charge in [-0.05, 0) is 87.5 Å². The van der Waals surface area contributed by atoms with Gasteiger partial charge in [0.25, 0.3) is 12.3 Å². The maximum absolute atomic E-state index is 14.1. The Labute approximate surface area is 316 Å². The van der Waals surface area contributed by atoms with Gasteiger partial charge in [0.15, 0.2) is 0 Å². The number of fused-ring (bicyclic) bond motifs is 2. The fraction of sp³-hybridized carbons (Fsp3) is 0.385. The molecular formula is C39H37F5N8O4. The first kappa shape index (κ1) is 38.4. The highest BCUT2D eigenvalue weighted by Gasteiger charge is 2.34. The largest absolute Gasteiger partial charge is 0.433 e. The number of pyridine rings is 1. The quantitative estimate of drug-likeness (QED) is 0.112. The summed E-state index contributed by atoms with van der Waals surface area (Å²) >= 11 is 0. The summed E-state index contributed by atoms with van der Waals surface area (Å²) in [5.74, 6) is 4.89. The molecule has 17 heteroatoms. The molecule has 3 amide bonds. The molecule has 1 unspecified atom stereocenters. The zero-order valence-corrected chi connectivity index (χ0v) is 30.4. The number of alkyl halides is 5. The van der Waals surface area contributed by atoms with Gasteiger partial charge in [-0.1, -0.05) is 17.9 Å². The molecule has 2 aliphatic rings. The Morgan fingerprint density at radius 1 is 1.04 bits per heavy atom. The maximum Gasteiger partial charge on any atom is 0.433 e. The van der Waals surface area contributed by atoms with Gasteiger partial charge >= 0.3 is 11.9 Å². The molecule has 2 fully saturated rings. The Morgan fingerprint density at radius 2 is 1.80 bits per heavy atom. The Kier molecular flexibility index (Phi) is 10.5. The average molecular weight is 777 g/mol. The van der Waals surface area contributed by atoms with E-state index in [0.717, 1.165) is 49.9 Å². The van der Waals surface area contributed by atoms with Crippen LogP contribution in [0.1, 0.15) is 84.3 Å². The summed E-state index contributed by atoms with van der Waals surface area (Å²) < 4.78 is 72.1. The first-order valence-corrected chi connectivity index (χ1v) is 18.0. The number of rotatable bonds is 8. The van der Waals surface area contributed by atoms with E-state index in [-0.39, 0.29) is 36.2 Å².